The third-order valence-electron chi connectivity index (χ3n) is 3.34. The summed E-state index contributed by atoms with van der Waals surface area (Å²) >= 11 is 5.90. The molecule has 0 aliphatic carbocycles. The third-order valence-corrected chi connectivity index (χ3v) is 3.58. The number of esters is 1. The van der Waals surface area contributed by atoms with E-state index in [4.69, 9.17) is 16.3 Å². The van der Waals surface area contributed by atoms with Crippen molar-refractivity contribution in [3.8, 4) is 22.6 Å². The first-order valence-electron chi connectivity index (χ1n) is 7.00. The Kier molecular flexibility index (Phi) is 4.31. The van der Waals surface area contributed by atoms with Gasteiger partial charge in [-0.15, -0.1) is 0 Å². The molecule has 0 aliphatic heterocycles. The number of carbonyl (C=O) groups excluding carboxylic acids is 1. The summed E-state index contributed by atoms with van der Waals surface area (Å²) in [6.07, 6.45) is 0. The predicted molar refractivity (Wildman–Crippen MR) is 90.0 cm³/mol. The van der Waals surface area contributed by atoms with Crippen molar-refractivity contribution in [2.75, 3.05) is 0 Å². The maximum atomic E-state index is 12.3. The molecule has 114 valence electrons. The van der Waals surface area contributed by atoms with Crippen molar-refractivity contribution in [1.82, 2.24) is 0 Å². The van der Waals surface area contributed by atoms with Gasteiger partial charge in [-0.1, -0.05) is 54.1 Å². The Balaban J connectivity index is 1.96. The Bertz CT molecular complexity index is 858. The standard InChI is InChI=1S/C19H13ClO3/c20-14-7-5-6-13(12-14)19(22)23-18-11-4-2-9-16(18)15-8-1-3-10-17(15)21/h1-12,21H. The Labute approximate surface area is 138 Å². The predicted octanol–water partition coefficient (Wildman–Crippen LogP) is 4.93. The largest absolute Gasteiger partial charge is 0.507 e. The molecule has 0 atom stereocenters. The Morgan fingerprint density at radius 2 is 1.57 bits per heavy atom. The zero-order chi connectivity index (χ0) is 16.2. The van der Waals surface area contributed by atoms with Crippen LogP contribution in [0, 0.1) is 0 Å². The van der Waals surface area contributed by atoms with Crippen molar-refractivity contribution < 1.29 is 14.6 Å². The number of hydrogen-bond acceptors (Lipinski definition) is 3. The van der Waals surface area contributed by atoms with E-state index in [-0.39, 0.29) is 5.75 Å². The molecule has 3 nitrogen and oxygen atoms in total. The second kappa shape index (κ2) is 6.55. The van der Waals surface area contributed by atoms with E-state index in [2.05, 4.69) is 0 Å². The van der Waals surface area contributed by atoms with Crippen LogP contribution in [-0.2, 0) is 0 Å². The third kappa shape index (κ3) is 3.35. The van der Waals surface area contributed by atoms with Crippen LogP contribution >= 0.6 is 11.6 Å². The van der Waals surface area contributed by atoms with Crippen LogP contribution in [-0.4, -0.2) is 11.1 Å². The summed E-state index contributed by atoms with van der Waals surface area (Å²) in [7, 11) is 0. The number of rotatable bonds is 3. The number of benzene rings is 3. The number of para-hydroxylation sites is 2. The van der Waals surface area contributed by atoms with Crippen molar-refractivity contribution >= 4 is 17.6 Å². The van der Waals surface area contributed by atoms with Crippen LogP contribution < -0.4 is 4.74 Å². The van der Waals surface area contributed by atoms with Crippen molar-refractivity contribution in [3.63, 3.8) is 0 Å². The normalized spacial score (nSPS) is 10.3. The van der Waals surface area contributed by atoms with Gasteiger partial charge in [0.05, 0.1) is 5.56 Å². The van der Waals surface area contributed by atoms with Gasteiger partial charge >= 0.3 is 5.97 Å². The van der Waals surface area contributed by atoms with Crippen molar-refractivity contribution in [2.24, 2.45) is 0 Å². The minimum atomic E-state index is -0.504. The molecule has 4 heteroatoms. The molecule has 3 rings (SSSR count). The second-order valence-corrected chi connectivity index (χ2v) is 5.35. The van der Waals surface area contributed by atoms with E-state index in [1.54, 1.807) is 60.7 Å². The van der Waals surface area contributed by atoms with Gasteiger partial charge in [0.1, 0.15) is 11.5 Å². The van der Waals surface area contributed by atoms with Gasteiger partial charge in [0.15, 0.2) is 0 Å². The molecule has 0 heterocycles. The molecule has 0 amide bonds. The van der Waals surface area contributed by atoms with Crippen LogP contribution in [0.25, 0.3) is 11.1 Å². The number of halogens is 1. The van der Waals surface area contributed by atoms with E-state index in [0.29, 0.717) is 27.5 Å². The molecule has 0 saturated carbocycles. The smallest absolute Gasteiger partial charge is 0.343 e. The van der Waals surface area contributed by atoms with Crippen molar-refractivity contribution in [3.05, 3.63) is 83.4 Å². The first-order valence-corrected chi connectivity index (χ1v) is 7.38. The van der Waals surface area contributed by atoms with Crippen LogP contribution in [0.1, 0.15) is 10.4 Å². The van der Waals surface area contributed by atoms with Gasteiger partial charge in [0.2, 0.25) is 0 Å². The lowest BCUT2D eigenvalue weighted by Crippen LogP contribution is -2.09. The van der Waals surface area contributed by atoms with Gasteiger partial charge in [-0.2, -0.15) is 0 Å². The SMILES string of the molecule is O=C(Oc1ccccc1-c1ccccc1O)c1cccc(Cl)c1. The van der Waals surface area contributed by atoms with Gasteiger partial charge in [-0.25, -0.2) is 4.79 Å². The fourth-order valence-electron chi connectivity index (χ4n) is 2.25. The Hall–Kier alpha value is -2.78. The summed E-state index contributed by atoms with van der Waals surface area (Å²) in [5.41, 5.74) is 1.60. The molecule has 3 aromatic rings. The van der Waals surface area contributed by atoms with E-state index in [9.17, 15) is 9.90 Å². The number of carbonyl (C=O) groups is 1. The van der Waals surface area contributed by atoms with E-state index in [1.165, 1.54) is 0 Å². The summed E-state index contributed by atoms with van der Waals surface area (Å²) in [5.74, 6) is -0.00639. The molecule has 0 aromatic heterocycles. The topological polar surface area (TPSA) is 46.5 Å². The average molecular weight is 325 g/mol. The van der Waals surface area contributed by atoms with E-state index < -0.39 is 5.97 Å². The fourth-order valence-corrected chi connectivity index (χ4v) is 2.44. The van der Waals surface area contributed by atoms with Crippen molar-refractivity contribution in [2.45, 2.75) is 0 Å². The van der Waals surface area contributed by atoms with Crippen LogP contribution in [0.5, 0.6) is 11.5 Å². The molecule has 0 unspecified atom stereocenters. The minimum Gasteiger partial charge on any atom is -0.507 e. The first-order chi connectivity index (χ1) is 11.1. The maximum absolute atomic E-state index is 12.3. The lowest BCUT2D eigenvalue weighted by atomic mass is 10.0. The highest BCUT2D eigenvalue weighted by atomic mass is 35.5. The summed E-state index contributed by atoms with van der Waals surface area (Å²) in [6, 6.07) is 20.5. The average Bonchev–Trinajstić information content (AvgIpc) is 2.56. The maximum Gasteiger partial charge on any atom is 0.343 e. The lowest BCUT2D eigenvalue weighted by Gasteiger charge is -2.11. The minimum absolute atomic E-state index is 0.124. The van der Waals surface area contributed by atoms with Gasteiger partial charge in [0.25, 0.3) is 0 Å². The molecule has 1 N–H and O–H groups in total. The molecule has 23 heavy (non-hydrogen) atoms. The molecular formula is C19H13ClO3. The number of aromatic hydroxyl groups is 1. The summed E-state index contributed by atoms with van der Waals surface area (Å²) in [6.45, 7) is 0. The van der Waals surface area contributed by atoms with E-state index in [1.807, 2.05) is 12.1 Å². The molecule has 0 saturated heterocycles. The highest BCUT2D eigenvalue weighted by Crippen LogP contribution is 2.35. The van der Waals surface area contributed by atoms with Gasteiger partial charge in [-0.05, 0) is 30.3 Å². The Morgan fingerprint density at radius 3 is 2.30 bits per heavy atom. The molecule has 0 bridgehead atoms. The molecule has 0 aliphatic rings. The van der Waals surface area contributed by atoms with Crippen LogP contribution in [0.4, 0.5) is 0 Å². The molecule has 0 radical (unpaired) electrons. The van der Waals surface area contributed by atoms with E-state index in [0.717, 1.165) is 0 Å². The monoisotopic (exact) mass is 324 g/mol. The highest BCUT2D eigenvalue weighted by Gasteiger charge is 2.14. The molecule has 0 spiro atoms. The second-order valence-electron chi connectivity index (χ2n) is 4.91. The summed E-state index contributed by atoms with van der Waals surface area (Å²) in [4.78, 5) is 12.3. The number of hydrogen-bond donors (Lipinski definition) is 1. The van der Waals surface area contributed by atoms with Crippen molar-refractivity contribution in [1.29, 1.82) is 0 Å². The van der Waals surface area contributed by atoms with Crippen LogP contribution in [0.15, 0.2) is 72.8 Å². The van der Waals surface area contributed by atoms with E-state index >= 15 is 0 Å². The summed E-state index contributed by atoms with van der Waals surface area (Å²) in [5, 5.41) is 10.5. The van der Waals surface area contributed by atoms with Gasteiger partial charge in [-0.3, -0.25) is 0 Å². The molecule has 0 fully saturated rings. The number of phenols is 1. The zero-order valence-corrected chi connectivity index (χ0v) is 12.8. The molecule has 3 aromatic carbocycles. The quantitative estimate of drug-likeness (QED) is 0.548. The summed E-state index contributed by atoms with van der Waals surface area (Å²) < 4.78 is 5.49. The van der Waals surface area contributed by atoms with Gasteiger partial charge in [0, 0.05) is 16.1 Å². The Morgan fingerprint density at radius 1 is 0.870 bits per heavy atom. The number of phenolic OH excluding ortho intramolecular Hbond substituents is 1. The number of ether oxygens (including phenoxy) is 1. The van der Waals surface area contributed by atoms with Crippen LogP contribution in [0.2, 0.25) is 5.02 Å². The highest BCUT2D eigenvalue weighted by molar-refractivity contribution is 6.30. The fraction of sp³-hybridized carbons (Fsp3) is 0. The molecular weight excluding hydrogens is 312 g/mol. The zero-order valence-electron chi connectivity index (χ0n) is 12.1. The van der Waals surface area contributed by atoms with Crippen LogP contribution in [0.3, 0.4) is 0 Å². The lowest BCUT2D eigenvalue weighted by molar-refractivity contribution is 0.0735. The van der Waals surface area contributed by atoms with Gasteiger partial charge < -0.3 is 9.84 Å². The first kappa shape index (κ1) is 15.1.